The van der Waals surface area contributed by atoms with Gasteiger partial charge in [0.1, 0.15) is 5.75 Å². The van der Waals surface area contributed by atoms with Crippen LogP contribution in [0.5, 0.6) is 5.75 Å². The molecule has 1 aliphatic carbocycles. The highest BCUT2D eigenvalue weighted by Gasteiger charge is 2.28. The number of nitrogens with zero attached hydrogens (tertiary/aromatic N) is 1. The van der Waals surface area contributed by atoms with Gasteiger partial charge in [0.25, 0.3) is 0 Å². The van der Waals surface area contributed by atoms with Crippen LogP contribution in [0.4, 0.5) is 0 Å². The molecule has 1 aromatic rings. The molecule has 2 N–H and O–H groups in total. The molecule has 0 amide bonds. The van der Waals surface area contributed by atoms with Gasteiger partial charge in [-0.25, -0.2) is 0 Å². The van der Waals surface area contributed by atoms with Gasteiger partial charge in [0.05, 0.1) is 7.11 Å². The molecule has 0 saturated heterocycles. The number of hydrogen-bond donors (Lipinski definition) is 1. The molecule has 1 aliphatic rings. The van der Waals surface area contributed by atoms with E-state index < -0.39 is 0 Å². The van der Waals surface area contributed by atoms with Crippen molar-refractivity contribution >= 4 is 0 Å². The standard InChI is InChI=1S/C15H24N2O/c1-11(16)15(17(2)10-12-4-5-12)13-6-8-14(18-3)9-7-13/h6-9,11-12,15H,4-5,10,16H2,1-3H3. The Morgan fingerprint density at radius 1 is 1.33 bits per heavy atom. The fraction of sp³-hybridized carbons (Fsp3) is 0.600. The van der Waals surface area contributed by atoms with Crippen molar-refractivity contribution in [2.24, 2.45) is 11.7 Å². The molecular weight excluding hydrogens is 224 g/mol. The van der Waals surface area contributed by atoms with Gasteiger partial charge >= 0.3 is 0 Å². The number of likely N-dealkylation sites (N-methyl/N-ethyl adjacent to an activating group) is 1. The van der Waals surface area contributed by atoms with Crippen molar-refractivity contribution in [3.63, 3.8) is 0 Å². The Kier molecular flexibility index (Phi) is 4.25. The van der Waals surface area contributed by atoms with E-state index in [0.717, 1.165) is 18.2 Å². The van der Waals surface area contributed by atoms with Crippen molar-refractivity contribution < 1.29 is 4.74 Å². The highest BCUT2D eigenvalue weighted by atomic mass is 16.5. The summed E-state index contributed by atoms with van der Waals surface area (Å²) in [7, 11) is 3.87. The van der Waals surface area contributed by atoms with Gasteiger partial charge in [-0.3, -0.25) is 4.90 Å². The Labute approximate surface area is 110 Å². The monoisotopic (exact) mass is 248 g/mol. The number of hydrogen-bond acceptors (Lipinski definition) is 3. The molecule has 2 rings (SSSR count). The first-order chi connectivity index (χ1) is 8.61. The molecule has 1 aromatic carbocycles. The smallest absolute Gasteiger partial charge is 0.118 e. The number of rotatable bonds is 6. The Bertz CT molecular complexity index is 371. The molecule has 0 bridgehead atoms. The van der Waals surface area contributed by atoms with Gasteiger partial charge in [-0.15, -0.1) is 0 Å². The van der Waals surface area contributed by atoms with Gasteiger partial charge in [0.2, 0.25) is 0 Å². The van der Waals surface area contributed by atoms with Gasteiger partial charge in [-0.1, -0.05) is 12.1 Å². The number of nitrogens with two attached hydrogens (primary N) is 1. The molecule has 0 spiro atoms. The lowest BCUT2D eigenvalue weighted by Gasteiger charge is -2.31. The Balaban J connectivity index is 2.11. The van der Waals surface area contributed by atoms with Crippen LogP contribution < -0.4 is 10.5 Å². The largest absolute Gasteiger partial charge is 0.497 e. The summed E-state index contributed by atoms with van der Waals surface area (Å²) < 4.78 is 5.20. The van der Waals surface area contributed by atoms with E-state index >= 15 is 0 Å². The molecule has 3 heteroatoms. The summed E-state index contributed by atoms with van der Waals surface area (Å²) in [6.07, 6.45) is 2.75. The molecule has 100 valence electrons. The number of methoxy groups -OCH3 is 1. The highest BCUT2D eigenvalue weighted by molar-refractivity contribution is 5.29. The number of benzene rings is 1. The van der Waals surface area contributed by atoms with E-state index in [9.17, 15) is 0 Å². The molecule has 0 radical (unpaired) electrons. The topological polar surface area (TPSA) is 38.5 Å². The summed E-state index contributed by atoms with van der Waals surface area (Å²) in [6.45, 7) is 3.23. The summed E-state index contributed by atoms with van der Waals surface area (Å²) in [5, 5.41) is 0. The molecule has 2 atom stereocenters. The van der Waals surface area contributed by atoms with Crippen LogP contribution in [0, 0.1) is 5.92 Å². The van der Waals surface area contributed by atoms with E-state index in [1.165, 1.54) is 18.4 Å². The molecule has 3 nitrogen and oxygen atoms in total. The Morgan fingerprint density at radius 3 is 2.39 bits per heavy atom. The minimum absolute atomic E-state index is 0.127. The molecule has 0 heterocycles. The van der Waals surface area contributed by atoms with Crippen LogP contribution in [0.1, 0.15) is 31.4 Å². The SMILES string of the molecule is COc1ccc(C(C(C)N)N(C)CC2CC2)cc1. The van der Waals surface area contributed by atoms with Crippen molar-refractivity contribution in [3.8, 4) is 5.75 Å². The first-order valence-electron chi connectivity index (χ1n) is 6.71. The first-order valence-corrected chi connectivity index (χ1v) is 6.71. The Morgan fingerprint density at radius 2 is 1.94 bits per heavy atom. The van der Waals surface area contributed by atoms with E-state index in [1.54, 1.807) is 7.11 Å². The van der Waals surface area contributed by atoms with Crippen LogP contribution in [0.15, 0.2) is 24.3 Å². The van der Waals surface area contributed by atoms with Crippen molar-refractivity contribution in [2.45, 2.75) is 31.8 Å². The van der Waals surface area contributed by atoms with Crippen LogP contribution >= 0.6 is 0 Å². The van der Waals surface area contributed by atoms with Gasteiger partial charge in [0, 0.05) is 18.6 Å². The lowest BCUT2D eigenvalue weighted by atomic mass is 9.99. The fourth-order valence-electron chi connectivity index (χ4n) is 2.58. The normalized spacial score (nSPS) is 18.7. The molecule has 1 saturated carbocycles. The van der Waals surface area contributed by atoms with Crippen molar-refractivity contribution in [1.29, 1.82) is 0 Å². The predicted octanol–water partition coefficient (Wildman–Crippen LogP) is 2.43. The van der Waals surface area contributed by atoms with Gasteiger partial charge in [-0.05, 0) is 50.4 Å². The van der Waals surface area contributed by atoms with E-state index in [-0.39, 0.29) is 12.1 Å². The zero-order valence-electron chi connectivity index (χ0n) is 11.6. The van der Waals surface area contributed by atoms with E-state index in [0.29, 0.717) is 0 Å². The molecule has 1 fully saturated rings. The molecule has 0 aliphatic heterocycles. The van der Waals surface area contributed by atoms with Crippen molar-refractivity contribution in [2.75, 3.05) is 20.7 Å². The summed E-state index contributed by atoms with van der Waals surface area (Å²) in [6, 6.07) is 8.68. The van der Waals surface area contributed by atoms with E-state index in [4.69, 9.17) is 10.5 Å². The van der Waals surface area contributed by atoms with Crippen LogP contribution in [-0.2, 0) is 0 Å². The van der Waals surface area contributed by atoms with E-state index in [1.807, 2.05) is 12.1 Å². The molecule has 2 unspecified atom stereocenters. The van der Waals surface area contributed by atoms with Crippen LogP contribution in [0.25, 0.3) is 0 Å². The van der Waals surface area contributed by atoms with Crippen molar-refractivity contribution in [3.05, 3.63) is 29.8 Å². The lowest BCUT2D eigenvalue weighted by Crippen LogP contribution is -2.38. The summed E-state index contributed by atoms with van der Waals surface area (Å²) >= 11 is 0. The number of ether oxygens (including phenoxy) is 1. The first kappa shape index (κ1) is 13.4. The second-order valence-electron chi connectivity index (χ2n) is 5.46. The molecule has 18 heavy (non-hydrogen) atoms. The van der Waals surface area contributed by atoms with Crippen LogP contribution in [0.3, 0.4) is 0 Å². The third kappa shape index (κ3) is 3.24. The van der Waals surface area contributed by atoms with Gasteiger partial charge < -0.3 is 10.5 Å². The van der Waals surface area contributed by atoms with Crippen LogP contribution in [-0.4, -0.2) is 31.6 Å². The minimum Gasteiger partial charge on any atom is -0.497 e. The van der Waals surface area contributed by atoms with Crippen LogP contribution in [0.2, 0.25) is 0 Å². The maximum Gasteiger partial charge on any atom is 0.118 e. The predicted molar refractivity (Wildman–Crippen MR) is 74.7 cm³/mol. The van der Waals surface area contributed by atoms with Gasteiger partial charge in [0.15, 0.2) is 0 Å². The lowest BCUT2D eigenvalue weighted by molar-refractivity contribution is 0.210. The molecular formula is C15H24N2O. The zero-order chi connectivity index (χ0) is 13.1. The summed E-state index contributed by atoms with van der Waals surface area (Å²) in [5.41, 5.74) is 7.44. The maximum atomic E-state index is 6.16. The summed E-state index contributed by atoms with van der Waals surface area (Å²) in [4.78, 5) is 2.39. The third-order valence-electron chi connectivity index (χ3n) is 3.67. The maximum absolute atomic E-state index is 6.16. The third-order valence-corrected chi connectivity index (χ3v) is 3.67. The average molecular weight is 248 g/mol. The van der Waals surface area contributed by atoms with E-state index in [2.05, 4.69) is 31.0 Å². The second kappa shape index (κ2) is 5.72. The average Bonchev–Trinajstić information content (AvgIpc) is 3.13. The second-order valence-corrected chi connectivity index (χ2v) is 5.46. The van der Waals surface area contributed by atoms with Crippen molar-refractivity contribution in [1.82, 2.24) is 4.90 Å². The molecule has 0 aromatic heterocycles. The van der Waals surface area contributed by atoms with Gasteiger partial charge in [-0.2, -0.15) is 0 Å². The quantitative estimate of drug-likeness (QED) is 0.840. The summed E-state index contributed by atoms with van der Waals surface area (Å²) in [5.74, 6) is 1.78. The minimum atomic E-state index is 0.127. The highest BCUT2D eigenvalue weighted by Crippen LogP contribution is 2.33. The Hall–Kier alpha value is -1.06. The zero-order valence-corrected chi connectivity index (χ0v) is 11.6. The fourth-order valence-corrected chi connectivity index (χ4v) is 2.58.